The molecule has 4 nitrogen and oxygen atoms in total. The third-order valence-corrected chi connectivity index (χ3v) is 3.63. The third-order valence-electron chi connectivity index (χ3n) is 3.63. The molecule has 4 heteroatoms. The zero-order valence-electron chi connectivity index (χ0n) is 11.1. The molecule has 1 atom stereocenters. The largest absolute Gasteiger partial charge is 0.508 e. The lowest BCUT2D eigenvalue weighted by atomic mass is 10.1. The van der Waals surface area contributed by atoms with Crippen LogP contribution >= 0.6 is 0 Å². The van der Waals surface area contributed by atoms with E-state index in [1.54, 1.807) is 12.3 Å². The van der Waals surface area contributed by atoms with Gasteiger partial charge in [0.2, 0.25) is 0 Å². The number of fused-ring (bicyclic) bond motifs is 1. The van der Waals surface area contributed by atoms with Gasteiger partial charge in [0.15, 0.2) is 0 Å². The molecule has 1 aliphatic rings. The molecule has 0 saturated carbocycles. The second-order valence-electron chi connectivity index (χ2n) is 5.03. The molecular weight excluding hydrogens is 238 g/mol. The number of phenols is 1. The SMILES string of the molecule is Cc1cnc(C)c(NC2CCc3c(O)cccc32)n1. The van der Waals surface area contributed by atoms with Crippen molar-refractivity contribution in [3.63, 3.8) is 0 Å². The van der Waals surface area contributed by atoms with Gasteiger partial charge in [-0.15, -0.1) is 0 Å². The molecule has 2 aromatic rings. The summed E-state index contributed by atoms with van der Waals surface area (Å²) in [6.07, 6.45) is 3.65. The number of phenolic OH excluding ortho intramolecular Hbond substituents is 1. The van der Waals surface area contributed by atoms with Crippen molar-refractivity contribution in [2.75, 3.05) is 5.32 Å². The van der Waals surface area contributed by atoms with Crippen molar-refractivity contribution >= 4 is 5.82 Å². The van der Waals surface area contributed by atoms with Gasteiger partial charge in [0.25, 0.3) is 0 Å². The fraction of sp³-hybridized carbons (Fsp3) is 0.333. The number of nitrogens with zero attached hydrogens (tertiary/aromatic N) is 2. The maximum absolute atomic E-state index is 9.86. The number of rotatable bonds is 2. The number of anilines is 1. The highest BCUT2D eigenvalue weighted by Crippen LogP contribution is 2.38. The van der Waals surface area contributed by atoms with E-state index < -0.39 is 0 Å². The molecule has 0 fully saturated rings. The van der Waals surface area contributed by atoms with Crippen LogP contribution in [-0.4, -0.2) is 15.1 Å². The lowest BCUT2D eigenvalue weighted by Gasteiger charge is -2.16. The minimum Gasteiger partial charge on any atom is -0.508 e. The number of nitrogens with one attached hydrogen (secondary N) is 1. The summed E-state index contributed by atoms with van der Waals surface area (Å²) >= 11 is 0. The fourth-order valence-corrected chi connectivity index (χ4v) is 2.62. The molecule has 98 valence electrons. The van der Waals surface area contributed by atoms with E-state index in [0.29, 0.717) is 5.75 Å². The van der Waals surface area contributed by atoms with Crippen molar-refractivity contribution in [3.05, 3.63) is 46.9 Å². The summed E-state index contributed by atoms with van der Waals surface area (Å²) < 4.78 is 0. The number of aromatic hydroxyl groups is 1. The molecule has 3 rings (SSSR count). The van der Waals surface area contributed by atoms with Crippen LogP contribution in [0.3, 0.4) is 0 Å². The van der Waals surface area contributed by atoms with Crippen molar-refractivity contribution in [1.29, 1.82) is 0 Å². The molecule has 1 aromatic carbocycles. The van der Waals surface area contributed by atoms with E-state index in [0.717, 1.165) is 35.6 Å². The van der Waals surface area contributed by atoms with Gasteiger partial charge >= 0.3 is 0 Å². The molecule has 0 bridgehead atoms. The molecule has 0 amide bonds. The Balaban J connectivity index is 1.91. The second-order valence-corrected chi connectivity index (χ2v) is 5.03. The molecule has 1 unspecified atom stereocenters. The van der Waals surface area contributed by atoms with Gasteiger partial charge in [-0.25, -0.2) is 4.98 Å². The summed E-state index contributed by atoms with van der Waals surface area (Å²) in [5.41, 5.74) is 4.03. The standard InChI is InChI=1S/C15H17N3O/c1-9-8-16-10(2)15(17-9)18-13-7-6-12-11(13)4-3-5-14(12)19/h3-5,8,13,19H,6-7H2,1-2H3,(H,17,18). The van der Waals surface area contributed by atoms with Crippen molar-refractivity contribution in [2.45, 2.75) is 32.7 Å². The van der Waals surface area contributed by atoms with E-state index in [2.05, 4.69) is 21.4 Å². The summed E-state index contributed by atoms with van der Waals surface area (Å²) in [6, 6.07) is 5.91. The van der Waals surface area contributed by atoms with Gasteiger partial charge in [-0.1, -0.05) is 12.1 Å². The average molecular weight is 255 g/mol. The molecule has 1 aliphatic carbocycles. The first kappa shape index (κ1) is 12.0. The van der Waals surface area contributed by atoms with Crippen LogP contribution in [0.25, 0.3) is 0 Å². The molecule has 0 aliphatic heterocycles. The maximum atomic E-state index is 9.86. The molecule has 0 radical (unpaired) electrons. The van der Waals surface area contributed by atoms with Gasteiger partial charge in [-0.05, 0) is 43.9 Å². The first-order valence-corrected chi connectivity index (χ1v) is 6.52. The summed E-state index contributed by atoms with van der Waals surface area (Å²) in [5, 5.41) is 13.3. The Hall–Kier alpha value is -2.10. The molecule has 1 heterocycles. The molecular formula is C15H17N3O. The van der Waals surface area contributed by atoms with Crippen molar-refractivity contribution < 1.29 is 5.11 Å². The summed E-state index contributed by atoms with van der Waals surface area (Å²) in [4.78, 5) is 8.82. The van der Waals surface area contributed by atoms with E-state index in [4.69, 9.17) is 0 Å². The minimum absolute atomic E-state index is 0.205. The highest BCUT2D eigenvalue weighted by atomic mass is 16.3. The van der Waals surface area contributed by atoms with Crippen LogP contribution < -0.4 is 5.32 Å². The Kier molecular flexibility index (Phi) is 2.85. The summed E-state index contributed by atoms with van der Waals surface area (Å²) in [7, 11) is 0. The van der Waals surface area contributed by atoms with Crippen molar-refractivity contribution in [3.8, 4) is 5.75 Å². The van der Waals surface area contributed by atoms with E-state index >= 15 is 0 Å². The number of aryl methyl sites for hydroxylation is 2. The van der Waals surface area contributed by atoms with Gasteiger partial charge in [-0.2, -0.15) is 0 Å². The Bertz CT molecular complexity index is 625. The van der Waals surface area contributed by atoms with E-state index in [1.165, 1.54) is 5.56 Å². The molecule has 0 saturated heterocycles. The normalized spacial score (nSPS) is 17.3. The van der Waals surface area contributed by atoms with Gasteiger partial charge < -0.3 is 10.4 Å². The topological polar surface area (TPSA) is 58.0 Å². The van der Waals surface area contributed by atoms with Crippen molar-refractivity contribution in [1.82, 2.24) is 9.97 Å². The number of hydrogen-bond acceptors (Lipinski definition) is 4. The minimum atomic E-state index is 0.205. The highest BCUT2D eigenvalue weighted by molar-refractivity contribution is 5.49. The van der Waals surface area contributed by atoms with Crippen LogP contribution in [0.4, 0.5) is 5.82 Å². The highest BCUT2D eigenvalue weighted by Gasteiger charge is 2.25. The Morgan fingerprint density at radius 1 is 1.32 bits per heavy atom. The van der Waals surface area contributed by atoms with E-state index in [-0.39, 0.29) is 6.04 Å². The van der Waals surface area contributed by atoms with Crippen molar-refractivity contribution in [2.24, 2.45) is 0 Å². The van der Waals surface area contributed by atoms with Crippen LogP contribution in [0.2, 0.25) is 0 Å². The fourth-order valence-electron chi connectivity index (χ4n) is 2.62. The quantitative estimate of drug-likeness (QED) is 0.866. The van der Waals surface area contributed by atoms with Gasteiger partial charge in [0.1, 0.15) is 11.6 Å². The predicted octanol–water partition coefficient (Wildman–Crippen LogP) is 2.90. The summed E-state index contributed by atoms with van der Waals surface area (Å²) in [5.74, 6) is 1.23. The smallest absolute Gasteiger partial charge is 0.148 e. The number of hydrogen-bond donors (Lipinski definition) is 2. The van der Waals surface area contributed by atoms with Crippen LogP contribution in [0, 0.1) is 13.8 Å². The van der Waals surface area contributed by atoms with Gasteiger partial charge in [0, 0.05) is 6.20 Å². The Morgan fingerprint density at radius 2 is 2.16 bits per heavy atom. The molecule has 1 aromatic heterocycles. The van der Waals surface area contributed by atoms with Gasteiger partial charge in [0.05, 0.1) is 17.4 Å². The lowest BCUT2D eigenvalue weighted by Crippen LogP contribution is -2.10. The van der Waals surface area contributed by atoms with Crippen LogP contribution in [-0.2, 0) is 6.42 Å². The second kappa shape index (κ2) is 4.53. The zero-order chi connectivity index (χ0) is 13.4. The third kappa shape index (κ3) is 2.14. The van der Waals surface area contributed by atoms with E-state index in [9.17, 15) is 5.11 Å². The monoisotopic (exact) mass is 255 g/mol. The molecule has 19 heavy (non-hydrogen) atoms. The van der Waals surface area contributed by atoms with Crippen LogP contribution in [0.5, 0.6) is 5.75 Å². The summed E-state index contributed by atoms with van der Waals surface area (Å²) in [6.45, 7) is 3.89. The number of benzene rings is 1. The van der Waals surface area contributed by atoms with Crippen LogP contribution in [0.15, 0.2) is 24.4 Å². The molecule has 0 spiro atoms. The predicted molar refractivity (Wildman–Crippen MR) is 74.3 cm³/mol. The first-order chi connectivity index (χ1) is 9.15. The maximum Gasteiger partial charge on any atom is 0.148 e. The van der Waals surface area contributed by atoms with Crippen LogP contribution in [0.1, 0.15) is 35.0 Å². The molecule has 2 N–H and O–H groups in total. The number of aromatic nitrogens is 2. The lowest BCUT2D eigenvalue weighted by molar-refractivity contribution is 0.469. The first-order valence-electron chi connectivity index (χ1n) is 6.52. The van der Waals surface area contributed by atoms with Gasteiger partial charge in [-0.3, -0.25) is 4.98 Å². The Labute approximate surface area is 112 Å². The average Bonchev–Trinajstić information content (AvgIpc) is 2.79. The zero-order valence-corrected chi connectivity index (χ0v) is 11.1. The Morgan fingerprint density at radius 3 is 3.00 bits per heavy atom. The van der Waals surface area contributed by atoms with E-state index in [1.807, 2.05) is 19.9 Å².